The summed E-state index contributed by atoms with van der Waals surface area (Å²) >= 11 is 0. The molecule has 0 saturated heterocycles. The largest absolute Gasteiger partial charge is 0.396 e. The number of hydrogen-bond acceptors (Lipinski definition) is 2. The van der Waals surface area contributed by atoms with Crippen LogP contribution < -0.4 is 5.32 Å². The highest BCUT2D eigenvalue weighted by Gasteiger charge is 2.15. The molecule has 0 aliphatic heterocycles. The monoisotopic (exact) mass is 243 g/mol. The number of halogens is 2. The molecule has 2 nitrogen and oxygen atoms in total. The molecule has 1 aromatic rings. The minimum absolute atomic E-state index is 0.0458. The Morgan fingerprint density at radius 1 is 1.24 bits per heavy atom. The highest BCUT2D eigenvalue weighted by atomic mass is 19.3. The molecule has 1 aromatic carbocycles. The Bertz CT molecular complexity index is 336. The number of hydrogen-bond donors (Lipinski definition) is 2. The molecule has 0 radical (unpaired) electrons. The summed E-state index contributed by atoms with van der Waals surface area (Å²) in [6.07, 6.45) is -2.41. The van der Waals surface area contributed by atoms with Gasteiger partial charge in [-0.25, -0.2) is 8.78 Å². The summed E-state index contributed by atoms with van der Waals surface area (Å²) in [5.74, 6) is 0. The van der Waals surface area contributed by atoms with Crippen LogP contribution in [0.1, 0.15) is 31.4 Å². The van der Waals surface area contributed by atoms with Gasteiger partial charge in [-0.15, -0.1) is 0 Å². The molecule has 0 bridgehead atoms. The Hall–Kier alpha value is -1.00. The van der Waals surface area contributed by atoms with Crippen molar-refractivity contribution in [1.82, 2.24) is 5.32 Å². The van der Waals surface area contributed by atoms with E-state index in [9.17, 15) is 8.78 Å². The van der Waals surface area contributed by atoms with Crippen molar-refractivity contribution in [3.63, 3.8) is 0 Å². The van der Waals surface area contributed by atoms with Gasteiger partial charge in [0, 0.05) is 30.7 Å². The van der Waals surface area contributed by atoms with Crippen LogP contribution in [0.15, 0.2) is 24.3 Å². The van der Waals surface area contributed by atoms with Crippen LogP contribution in [0, 0.1) is 5.41 Å². The Morgan fingerprint density at radius 3 is 2.29 bits per heavy atom. The number of nitrogens with one attached hydrogen (secondary N) is 1. The van der Waals surface area contributed by atoms with Crippen molar-refractivity contribution in [3.8, 4) is 0 Å². The third kappa shape index (κ3) is 4.79. The number of aliphatic hydroxyl groups excluding tert-OH is 1. The van der Waals surface area contributed by atoms with E-state index in [1.54, 1.807) is 12.1 Å². The first-order valence-electron chi connectivity index (χ1n) is 5.63. The van der Waals surface area contributed by atoms with Gasteiger partial charge in [-0.3, -0.25) is 0 Å². The van der Waals surface area contributed by atoms with Gasteiger partial charge in [-0.2, -0.15) is 0 Å². The molecular formula is C13H19F2NO. The quantitative estimate of drug-likeness (QED) is 0.805. The van der Waals surface area contributed by atoms with Crippen LogP contribution in [0.4, 0.5) is 8.78 Å². The number of benzene rings is 1. The second-order valence-corrected chi connectivity index (χ2v) is 4.97. The van der Waals surface area contributed by atoms with E-state index in [0.29, 0.717) is 13.1 Å². The van der Waals surface area contributed by atoms with Gasteiger partial charge in [-0.1, -0.05) is 38.1 Å². The SMILES string of the molecule is CC(C)(CO)CNCc1ccc(C(F)F)cc1. The predicted molar refractivity (Wildman–Crippen MR) is 64.0 cm³/mol. The van der Waals surface area contributed by atoms with E-state index in [0.717, 1.165) is 5.56 Å². The molecular weight excluding hydrogens is 224 g/mol. The van der Waals surface area contributed by atoms with Gasteiger partial charge in [-0.05, 0) is 5.56 Å². The Labute approximate surface area is 101 Å². The molecule has 0 fully saturated rings. The molecule has 0 atom stereocenters. The standard InChI is InChI=1S/C13H19F2NO/c1-13(2,9-17)8-16-7-10-3-5-11(6-4-10)12(14)15/h3-6,12,16-17H,7-9H2,1-2H3. The summed E-state index contributed by atoms with van der Waals surface area (Å²) in [6.45, 7) is 5.33. The van der Waals surface area contributed by atoms with Crippen LogP contribution in [-0.4, -0.2) is 18.3 Å². The van der Waals surface area contributed by atoms with Gasteiger partial charge in [0.05, 0.1) is 0 Å². The van der Waals surface area contributed by atoms with E-state index in [4.69, 9.17) is 5.11 Å². The lowest BCUT2D eigenvalue weighted by Crippen LogP contribution is -2.31. The van der Waals surface area contributed by atoms with Gasteiger partial charge >= 0.3 is 0 Å². The van der Waals surface area contributed by atoms with Crippen LogP contribution >= 0.6 is 0 Å². The second kappa shape index (κ2) is 6.07. The Morgan fingerprint density at radius 2 is 1.82 bits per heavy atom. The minimum atomic E-state index is -2.41. The number of alkyl halides is 2. The zero-order chi connectivity index (χ0) is 12.9. The fourth-order valence-electron chi connectivity index (χ4n) is 1.38. The van der Waals surface area contributed by atoms with Crippen molar-refractivity contribution in [2.24, 2.45) is 5.41 Å². The molecule has 0 saturated carbocycles. The van der Waals surface area contributed by atoms with Crippen LogP contribution in [0.2, 0.25) is 0 Å². The Kier molecular flexibility index (Phi) is 5.02. The number of rotatable bonds is 6. The highest BCUT2D eigenvalue weighted by Crippen LogP contribution is 2.18. The smallest absolute Gasteiger partial charge is 0.263 e. The first kappa shape index (κ1) is 14.1. The molecule has 0 aliphatic carbocycles. The van der Waals surface area contributed by atoms with E-state index in [2.05, 4.69) is 5.32 Å². The van der Waals surface area contributed by atoms with Crippen LogP contribution in [-0.2, 0) is 6.54 Å². The maximum absolute atomic E-state index is 12.3. The maximum atomic E-state index is 12.3. The third-order valence-corrected chi connectivity index (χ3v) is 2.59. The maximum Gasteiger partial charge on any atom is 0.263 e. The summed E-state index contributed by atoms with van der Waals surface area (Å²) < 4.78 is 24.6. The lowest BCUT2D eigenvalue weighted by molar-refractivity contribution is 0.151. The van der Waals surface area contributed by atoms with Crippen molar-refractivity contribution < 1.29 is 13.9 Å². The molecule has 0 aromatic heterocycles. The molecule has 0 unspecified atom stereocenters. The summed E-state index contributed by atoms with van der Waals surface area (Å²) in [5, 5.41) is 12.3. The molecule has 0 aliphatic rings. The minimum Gasteiger partial charge on any atom is -0.396 e. The lowest BCUT2D eigenvalue weighted by Gasteiger charge is -2.21. The summed E-state index contributed by atoms with van der Waals surface area (Å²) in [6, 6.07) is 6.28. The van der Waals surface area contributed by atoms with Crippen molar-refractivity contribution in [3.05, 3.63) is 35.4 Å². The summed E-state index contributed by atoms with van der Waals surface area (Å²) in [4.78, 5) is 0. The van der Waals surface area contributed by atoms with Crippen molar-refractivity contribution in [2.45, 2.75) is 26.8 Å². The molecule has 2 N–H and O–H groups in total. The average molecular weight is 243 g/mol. The molecule has 17 heavy (non-hydrogen) atoms. The fraction of sp³-hybridized carbons (Fsp3) is 0.538. The molecule has 96 valence electrons. The topological polar surface area (TPSA) is 32.3 Å². The van der Waals surface area contributed by atoms with E-state index < -0.39 is 6.43 Å². The summed E-state index contributed by atoms with van der Waals surface area (Å²) in [7, 11) is 0. The predicted octanol–water partition coefficient (Wildman–Crippen LogP) is 2.73. The van der Waals surface area contributed by atoms with E-state index in [1.165, 1.54) is 12.1 Å². The van der Waals surface area contributed by atoms with E-state index in [-0.39, 0.29) is 17.6 Å². The molecule has 1 rings (SSSR count). The van der Waals surface area contributed by atoms with Crippen molar-refractivity contribution in [1.29, 1.82) is 0 Å². The fourth-order valence-corrected chi connectivity index (χ4v) is 1.38. The van der Waals surface area contributed by atoms with Crippen molar-refractivity contribution >= 4 is 0 Å². The van der Waals surface area contributed by atoms with Gasteiger partial charge in [0.2, 0.25) is 0 Å². The zero-order valence-corrected chi connectivity index (χ0v) is 10.2. The van der Waals surface area contributed by atoms with Gasteiger partial charge in [0.1, 0.15) is 0 Å². The average Bonchev–Trinajstić information content (AvgIpc) is 2.29. The van der Waals surface area contributed by atoms with Crippen LogP contribution in [0.25, 0.3) is 0 Å². The van der Waals surface area contributed by atoms with Crippen LogP contribution in [0.5, 0.6) is 0 Å². The van der Waals surface area contributed by atoms with Gasteiger partial charge in [0.25, 0.3) is 6.43 Å². The first-order chi connectivity index (χ1) is 7.94. The molecule has 0 amide bonds. The Balaban J connectivity index is 2.42. The zero-order valence-electron chi connectivity index (χ0n) is 10.2. The van der Waals surface area contributed by atoms with Gasteiger partial charge < -0.3 is 10.4 Å². The molecule has 0 heterocycles. The summed E-state index contributed by atoms with van der Waals surface area (Å²) in [5.41, 5.74) is 0.843. The normalized spacial score (nSPS) is 12.1. The van der Waals surface area contributed by atoms with E-state index in [1.807, 2.05) is 13.8 Å². The highest BCUT2D eigenvalue weighted by molar-refractivity contribution is 5.23. The molecule has 0 spiro atoms. The van der Waals surface area contributed by atoms with Crippen molar-refractivity contribution in [2.75, 3.05) is 13.2 Å². The van der Waals surface area contributed by atoms with Gasteiger partial charge in [0.15, 0.2) is 0 Å². The van der Waals surface area contributed by atoms with Crippen LogP contribution in [0.3, 0.4) is 0 Å². The second-order valence-electron chi connectivity index (χ2n) is 4.97. The van der Waals surface area contributed by atoms with E-state index >= 15 is 0 Å². The molecule has 4 heteroatoms. The lowest BCUT2D eigenvalue weighted by atomic mass is 9.95. The first-order valence-corrected chi connectivity index (χ1v) is 5.63. The third-order valence-electron chi connectivity index (χ3n) is 2.59. The number of aliphatic hydroxyl groups is 1.